The van der Waals surface area contributed by atoms with Crippen molar-refractivity contribution in [3.05, 3.63) is 36.5 Å². The van der Waals surface area contributed by atoms with Crippen molar-refractivity contribution >= 4 is 16.6 Å². The summed E-state index contributed by atoms with van der Waals surface area (Å²) in [6.07, 6.45) is 3.05. The van der Waals surface area contributed by atoms with Crippen LogP contribution in [0.2, 0.25) is 0 Å². The van der Waals surface area contributed by atoms with Gasteiger partial charge in [0.15, 0.2) is 0 Å². The zero-order valence-electron chi connectivity index (χ0n) is 12.1. The van der Waals surface area contributed by atoms with Gasteiger partial charge in [-0.25, -0.2) is 4.98 Å². The van der Waals surface area contributed by atoms with E-state index < -0.39 is 0 Å². The Kier molecular flexibility index (Phi) is 4.74. The Bertz CT molecular complexity index is 519. The lowest BCUT2D eigenvalue weighted by molar-refractivity contribution is 0.261. The summed E-state index contributed by atoms with van der Waals surface area (Å²) in [6, 6.07) is 11.0. The first kappa shape index (κ1) is 13.8. The summed E-state index contributed by atoms with van der Waals surface area (Å²) in [5.41, 5.74) is 0. The van der Waals surface area contributed by atoms with Crippen LogP contribution in [0.15, 0.2) is 36.5 Å². The van der Waals surface area contributed by atoms with E-state index in [-0.39, 0.29) is 0 Å². The van der Waals surface area contributed by atoms with Crippen molar-refractivity contribution in [1.82, 2.24) is 9.88 Å². The average Bonchev–Trinajstić information content (AvgIpc) is 2.46. The van der Waals surface area contributed by atoms with Gasteiger partial charge >= 0.3 is 0 Å². The number of fused-ring (bicyclic) bond motifs is 1. The topological polar surface area (TPSA) is 28.2 Å². The number of aromatic nitrogens is 1. The number of rotatable bonds is 6. The molecule has 102 valence electrons. The number of likely N-dealkylation sites (N-methyl/N-ethyl adjacent to an activating group) is 1. The van der Waals surface area contributed by atoms with Gasteiger partial charge in [0.25, 0.3) is 0 Å². The van der Waals surface area contributed by atoms with Gasteiger partial charge in [-0.2, -0.15) is 0 Å². The zero-order valence-corrected chi connectivity index (χ0v) is 12.1. The van der Waals surface area contributed by atoms with Crippen molar-refractivity contribution in [1.29, 1.82) is 0 Å². The lowest BCUT2D eigenvalue weighted by Crippen LogP contribution is -2.32. The van der Waals surface area contributed by atoms with Crippen molar-refractivity contribution in [2.45, 2.75) is 26.3 Å². The number of anilines is 1. The third-order valence-electron chi connectivity index (χ3n) is 3.77. The first-order valence-corrected chi connectivity index (χ1v) is 7.00. The highest BCUT2D eigenvalue weighted by Gasteiger charge is 2.06. The minimum absolute atomic E-state index is 0.627. The van der Waals surface area contributed by atoms with Crippen LogP contribution in [-0.2, 0) is 0 Å². The highest BCUT2D eigenvalue weighted by molar-refractivity contribution is 5.91. The second-order valence-corrected chi connectivity index (χ2v) is 5.05. The summed E-state index contributed by atoms with van der Waals surface area (Å²) >= 11 is 0. The van der Waals surface area contributed by atoms with Gasteiger partial charge in [-0.15, -0.1) is 0 Å². The van der Waals surface area contributed by atoms with Crippen LogP contribution in [0, 0.1) is 0 Å². The Labute approximate surface area is 115 Å². The van der Waals surface area contributed by atoms with Crippen molar-refractivity contribution in [3.8, 4) is 0 Å². The van der Waals surface area contributed by atoms with E-state index in [1.54, 1.807) is 0 Å². The van der Waals surface area contributed by atoms with E-state index in [2.05, 4.69) is 60.4 Å². The number of pyridine rings is 1. The fourth-order valence-electron chi connectivity index (χ4n) is 2.14. The lowest BCUT2D eigenvalue weighted by atomic mass is 10.1. The average molecular weight is 257 g/mol. The Morgan fingerprint density at radius 3 is 2.84 bits per heavy atom. The van der Waals surface area contributed by atoms with E-state index >= 15 is 0 Å². The number of nitrogens with zero attached hydrogens (tertiary/aromatic N) is 2. The SMILES string of the molecule is CCC(C)N(C)CCNc1nccc2ccccc12. The number of nitrogens with one attached hydrogen (secondary N) is 1. The molecule has 0 bridgehead atoms. The Morgan fingerprint density at radius 2 is 2.05 bits per heavy atom. The van der Waals surface area contributed by atoms with Gasteiger partial charge in [0.1, 0.15) is 5.82 Å². The second-order valence-electron chi connectivity index (χ2n) is 5.05. The molecule has 0 amide bonds. The van der Waals surface area contributed by atoms with Crippen LogP contribution in [0.3, 0.4) is 0 Å². The first-order valence-electron chi connectivity index (χ1n) is 7.00. The van der Waals surface area contributed by atoms with Crippen LogP contribution in [0.25, 0.3) is 10.8 Å². The maximum atomic E-state index is 4.44. The summed E-state index contributed by atoms with van der Waals surface area (Å²) in [7, 11) is 2.17. The summed E-state index contributed by atoms with van der Waals surface area (Å²) < 4.78 is 0. The van der Waals surface area contributed by atoms with Crippen molar-refractivity contribution in [2.24, 2.45) is 0 Å². The van der Waals surface area contributed by atoms with Gasteiger partial charge < -0.3 is 10.2 Å². The molecule has 3 nitrogen and oxygen atoms in total. The summed E-state index contributed by atoms with van der Waals surface area (Å²) in [5, 5.41) is 5.87. The van der Waals surface area contributed by atoms with Gasteiger partial charge in [0.2, 0.25) is 0 Å². The number of hydrogen-bond donors (Lipinski definition) is 1. The van der Waals surface area contributed by atoms with E-state index in [1.165, 1.54) is 17.2 Å². The molecule has 0 fully saturated rings. The summed E-state index contributed by atoms with van der Waals surface area (Å²) in [6.45, 7) is 6.43. The highest BCUT2D eigenvalue weighted by atomic mass is 15.1. The fraction of sp³-hybridized carbons (Fsp3) is 0.438. The molecule has 1 atom stereocenters. The molecule has 19 heavy (non-hydrogen) atoms. The van der Waals surface area contributed by atoms with Crippen LogP contribution < -0.4 is 5.32 Å². The van der Waals surface area contributed by atoms with Gasteiger partial charge in [0, 0.05) is 30.7 Å². The molecule has 1 aromatic heterocycles. The van der Waals surface area contributed by atoms with Gasteiger partial charge in [-0.1, -0.05) is 31.2 Å². The first-order chi connectivity index (χ1) is 9.22. The van der Waals surface area contributed by atoms with Crippen LogP contribution in [-0.4, -0.2) is 36.1 Å². The molecule has 1 aromatic carbocycles. The molecule has 1 heterocycles. The maximum Gasteiger partial charge on any atom is 0.133 e. The van der Waals surface area contributed by atoms with Crippen LogP contribution >= 0.6 is 0 Å². The van der Waals surface area contributed by atoms with E-state index in [0.29, 0.717) is 6.04 Å². The van der Waals surface area contributed by atoms with Crippen LogP contribution in [0.5, 0.6) is 0 Å². The molecule has 0 radical (unpaired) electrons. The van der Waals surface area contributed by atoms with Crippen LogP contribution in [0.4, 0.5) is 5.82 Å². The molecule has 0 spiro atoms. The maximum absolute atomic E-state index is 4.44. The zero-order chi connectivity index (χ0) is 13.7. The minimum Gasteiger partial charge on any atom is -0.368 e. The monoisotopic (exact) mass is 257 g/mol. The molecule has 0 aliphatic rings. The predicted molar refractivity (Wildman–Crippen MR) is 82.6 cm³/mol. The summed E-state index contributed by atoms with van der Waals surface area (Å²) in [4.78, 5) is 6.81. The van der Waals surface area contributed by atoms with Gasteiger partial charge in [0.05, 0.1) is 0 Å². The molecule has 0 aliphatic carbocycles. The molecular formula is C16H23N3. The van der Waals surface area contributed by atoms with E-state index in [0.717, 1.165) is 18.9 Å². The molecule has 2 rings (SSSR count). The van der Waals surface area contributed by atoms with E-state index in [9.17, 15) is 0 Å². The van der Waals surface area contributed by atoms with E-state index in [1.807, 2.05) is 12.3 Å². The molecule has 3 heteroatoms. The predicted octanol–water partition coefficient (Wildman–Crippen LogP) is 3.38. The Balaban J connectivity index is 1.99. The molecule has 0 aliphatic heterocycles. The smallest absolute Gasteiger partial charge is 0.133 e. The van der Waals surface area contributed by atoms with Crippen molar-refractivity contribution in [3.63, 3.8) is 0 Å². The standard InChI is InChI=1S/C16H23N3/c1-4-13(2)19(3)12-11-18-16-15-8-6-5-7-14(15)9-10-17-16/h5-10,13H,4,11-12H2,1-3H3,(H,17,18). The molecule has 1 unspecified atom stereocenters. The molecular weight excluding hydrogens is 234 g/mol. The Hall–Kier alpha value is -1.61. The van der Waals surface area contributed by atoms with Gasteiger partial charge in [-0.05, 0) is 31.8 Å². The molecule has 1 N–H and O–H groups in total. The highest BCUT2D eigenvalue weighted by Crippen LogP contribution is 2.19. The van der Waals surface area contributed by atoms with Crippen molar-refractivity contribution in [2.75, 3.05) is 25.5 Å². The fourth-order valence-corrected chi connectivity index (χ4v) is 2.14. The van der Waals surface area contributed by atoms with E-state index in [4.69, 9.17) is 0 Å². The number of hydrogen-bond acceptors (Lipinski definition) is 3. The quantitative estimate of drug-likeness (QED) is 0.860. The molecule has 0 saturated heterocycles. The largest absolute Gasteiger partial charge is 0.368 e. The second kappa shape index (κ2) is 6.53. The van der Waals surface area contributed by atoms with Gasteiger partial charge in [-0.3, -0.25) is 0 Å². The van der Waals surface area contributed by atoms with Crippen molar-refractivity contribution < 1.29 is 0 Å². The Morgan fingerprint density at radius 1 is 1.26 bits per heavy atom. The minimum atomic E-state index is 0.627. The third-order valence-corrected chi connectivity index (χ3v) is 3.77. The van der Waals surface area contributed by atoms with Crippen LogP contribution in [0.1, 0.15) is 20.3 Å². The lowest BCUT2D eigenvalue weighted by Gasteiger charge is -2.23. The molecule has 2 aromatic rings. The normalized spacial score (nSPS) is 12.8. The number of benzene rings is 1. The molecule has 0 saturated carbocycles. The third kappa shape index (κ3) is 3.44. The summed E-state index contributed by atoms with van der Waals surface area (Å²) in [5.74, 6) is 0.982.